The highest BCUT2D eigenvalue weighted by molar-refractivity contribution is 9.10. The molecule has 2 aromatic rings. The largest absolute Gasteiger partial charge is 0.493 e. The Morgan fingerprint density at radius 1 is 1.26 bits per heavy atom. The van der Waals surface area contributed by atoms with E-state index in [2.05, 4.69) is 26.2 Å². The molecule has 0 saturated carbocycles. The van der Waals surface area contributed by atoms with Crippen molar-refractivity contribution in [3.05, 3.63) is 52.4 Å². The average Bonchev–Trinajstić information content (AvgIpc) is 2.55. The van der Waals surface area contributed by atoms with Gasteiger partial charge >= 0.3 is 0 Å². The molecule has 0 atom stereocenters. The molecule has 0 aliphatic carbocycles. The molecule has 1 heterocycles. The fraction of sp³-hybridized carbons (Fsp3) is 0.125. The molecule has 1 N–H and O–H groups in total. The highest BCUT2D eigenvalue weighted by Gasteiger charge is 2.06. The summed E-state index contributed by atoms with van der Waals surface area (Å²) in [6.07, 6.45) is 3.99. The van der Waals surface area contributed by atoms with Crippen LogP contribution in [-0.4, -0.2) is 25.1 Å². The number of carbonyl (C=O) groups is 1. The number of aromatic nitrogens is 1. The van der Waals surface area contributed by atoms with E-state index in [0.717, 1.165) is 11.8 Å². The number of ether oxygens (including phenoxy) is 2. The van der Waals surface area contributed by atoms with Crippen molar-refractivity contribution in [2.24, 2.45) is 0 Å². The Hall–Kier alpha value is -2.41. The fourth-order valence-electron chi connectivity index (χ4n) is 1.79. The summed E-state index contributed by atoms with van der Waals surface area (Å²) < 4.78 is 23.7. The molecule has 1 aromatic carbocycles. The number of anilines is 1. The number of hydrogen-bond acceptors (Lipinski definition) is 4. The van der Waals surface area contributed by atoms with Crippen LogP contribution in [0.25, 0.3) is 6.08 Å². The van der Waals surface area contributed by atoms with Crippen molar-refractivity contribution in [1.82, 2.24) is 4.98 Å². The van der Waals surface area contributed by atoms with E-state index in [4.69, 9.17) is 9.47 Å². The zero-order chi connectivity index (χ0) is 16.8. The Balaban J connectivity index is 2.09. The third kappa shape index (κ3) is 4.53. The van der Waals surface area contributed by atoms with Crippen LogP contribution in [0.1, 0.15) is 5.56 Å². The molecule has 0 saturated heterocycles. The van der Waals surface area contributed by atoms with Crippen molar-refractivity contribution in [2.45, 2.75) is 0 Å². The molecule has 0 aliphatic heterocycles. The monoisotopic (exact) mass is 380 g/mol. The minimum atomic E-state index is -0.490. The molecule has 0 spiro atoms. The average molecular weight is 381 g/mol. The molecule has 120 valence electrons. The highest BCUT2D eigenvalue weighted by Crippen LogP contribution is 2.28. The van der Waals surface area contributed by atoms with Crippen LogP contribution >= 0.6 is 15.9 Å². The Morgan fingerprint density at radius 3 is 2.65 bits per heavy atom. The second-order valence-electron chi connectivity index (χ2n) is 4.42. The first-order valence-corrected chi connectivity index (χ1v) is 7.35. The quantitative estimate of drug-likeness (QED) is 0.804. The van der Waals surface area contributed by atoms with Gasteiger partial charge in [0.15, 0.2) is 11.5 Å². The third-order valence-corrected chi connectivity index (χ3v) is 3.49. The maximum Gasteiger partial charge on any atom is 0.249 e. The van der Waals surface area contributed by atoms with Gasteiger partial charge in [0.05, 0.1) is 24.9 Å². The minimum absolute atomic E-state index is 0.244. The standard InChI is InChI=1S/C16H14BrFN2O3/c1-22-13-5-3-10(7-14(13)23-2)4-6-15(21)20-16-12(17)8-11(18)9-19-16/h3-9H,1-2H3,(H,19,20,21)/b6-4+. The van der Waals surface area contributed by atoms with E-state index < -0.39 is 5.82 Å². The molecule has 0 fully saturated rings. The molecular weight excluding hydrogens is 367 g/mol. The number of hydrogen-bond donors (Lipinski definition) is 1. The Labute approximate surface area is 141 Å². The lowest BCUT2D eigenvalue weighted by atomic mass is 10.2. The summed E-state index contributed by atoms with van der Waals surface area (Å²) in [5, 5.41) is 2.55. The molecule has 0 radical (unpaired) electrons. The smallest absolute Gasteiger partial charge is 0.249 e. The van der Waals surface area contributed by atoms with Gasteiger partial charge in [0.1, 0.15) is 11.6 Å². The van der Waals surface area contributed by atoms with E-state index in [0.29, 0.717) is 16.0 Å². The maximum atomic E-state index is 12.9. The molecule has 1 aromatic heterocycles. The summed E-state index contributed by atoms with van der Waals surface area (Å²) in [4.78, 5) is 15.7. The first-order chi connectivity index (χ1) is 11.0. The number of carbonyl (C=O) groups excluding carboxylic acids is 1. The van der Waals surface area contributed by atoms with Crippen LogP contribution in [0.4, 0.5) is 10.2 Å². The van der Waals surface area contributed by atoms with Crippen LogP contribution in [0.3, 0.4) is 0 Å². The fourth-order valence-corrected chi connectivity index (χ4v) is 2.21. The van der Waals surface area contributed by atoms with Crippen molar-refractivity contribution in [2.75, 3.05) is 19.5 Å². The summed E-state index contributed by atoms with van der Waals surface area (Å²) in [6.45, 7) is 0. The molecule has 7 heteroatoms. The zero-order valence-corrected chi connectivity index (χ0v) is 14.1. The Bertz CT molecular complexity index is 750. The summed E-state index contributed by atoms with van der Waals surface area (Å²) in [6, 6.07) is 6.50. The van der Waals surface area contributed by atoms with Gasteiger partial charge in [0, 0.05) is 6.08 Å². The number of rotatable bonds is 5. The van der Waals surface area contributed by atoms with Crippen LogP contribution < -0.4 is 14.8 Å². The number of nitrogens with zero attached hydrogens (tertiary/aromatic N) is 1. The van der Waals surface area contributed by atoms with Gasteiger partial charge in [-0.3, -0.25) is 4.79 Å². The number of methoxy groups -OCH3 is 2. The van der Waals surface area contributed by atoms with Crippen molar-refractivity contribution >= 4 is 33.7 Å². The summed E-state index contributed by atoms with van der Waals surface area (Å²) in [7, 11) is 3.09. The number of pyridine rings is 1. The van der Waals surface area contributed by atoms with Gasteiger partial charge in [0.2, 0.25) is 5.91 Å². The van der Waals surface area contributed by atoms with Crippen molar-refractivity contribution < 1.29 is 18.7 Å². The molecular formula is C16H14BrFN2O3. The van der Waals surface area contributed by atoms with E-state index in [1.165, 1.54) is 19.3 Å². The summed E-state index contributed by atoms with van der Waals surface area (Å²) >= 11 is 3.13. The molecule has 5 nitrogen and oxygen atoms in total. The maximum absolute atomic E-state index is 12.9. The zero-order valence-electron chi connectivity index (χ0n) is 12.5. The van der Waals surface area contributed by atoms with Gasteiger partial charge in [-0.2, -0.15) is 0 Å². The lowest BCUT2D eigenvalue weighted by Gasteiger charge is -2.07. The molecule has 1 amide bonds. The van der Waals surface area contributed by atoms with E-state index >= 15 is 0 Å². The van der Waals surface area contributed by atoms with Gasteiger partial charge in [0.25, 0.3) is 0 Å². The third-order valence-electron chi connectivity index (χ3n) is 2.88. The van der Waals surface area contributed by atoms with Crippen LogP contribution in [0.5, 0.6) is 11.5 Å². The number of amides is 1. The normalized spacial score (nSPS) is 10.6. The predicted octanol–water partition coefficient (Wildman–Crippen LogP) is 3.65. The van der Waals surface area contributed by atoms with E-state index in [1.807, 2.05) is 0 Å². The van der Waals surface area contributed by atoms with Gasteiger partial charge in [-0.15, -0.1) is 0 Å². The highest BCUT2D eigenvalue weighted by atomic mass is 79.9. The van der Waals surface area contributed by atoms with Crippen LogP contribution in [0.2, 0.25) is 0 Å². The topological polar surface area (TPSA) is 60.5 Å². The second kappa shape index (κ2) is 7.73. The van der Waals surface area contributed by atoms with E-state index in [-0.39, 0.29) is 11.7 Å². The molecule has 0 aliphatic rings. The molecule has 0 bridgehead atoms. The predicted molar refractivity (Wildman–Crippen MR) is 89.1 cm³/mol. The van der Waals surface area contributed by atoms with Crippen LogP contribution in [-0.2, 0) is 4.79 Å². The number of nitrogens with one attached hydrogen (secondary N) is 1. The molecule has 2 rings (SSSR count). The first kappa shape index (κ1) is 17.0. The summed E-state index contributed by atoms with van der Waals surface area (Å²) in [5.74, 6) is 0.537. The van der Waals surface area contributed by atoms with Gasteiger partial charge in [-0.05, 0) is 45.8 Å². The number of halogens is 2. The van der Waals surface area contributed by atoms with Gasteiger partial charge in [-0.25, -0.2) is 9.37 Å². The number of benzene rings is 1. The van der Waals surface area contributed by atoms with Crippen LogP contribution in [0.15, 0.2) is 41.0 Å². The van der Waals surface area contributed by atoms with Gasteiger partial charge < -0.3 is 14.8 Å². The molecule has 0 unspecified atom stereocenters. The second-order valence-corrected chi connectivity index (χ2v) is 5.28. The van der Waals surface area contributed by atoms with E-state index in [9.17, 15) is 9.18 Å². The van der Waals surface area contributed by atoms with Crippen molar-refractivity contribution in [3.8, 4) is 11.5 Å². The lowest BCUT2D eigenvalue weighted by molar-refractivity contribution is -0.111. The lowest BCUT2D eigenvalue weighted by Crippen LogP contribution is -2.09. The van der Waals surface area contributed by atoms with Crippen LogP contribution in [0, 0.1) is 5.82 Å². The summed E-state index contributed by atoms with van der Waals surface area (Å²) in [5.41, 5.74) is 0.768. The Morgan fingerprint density at radius 2 is 2.00 bits per heavy atom. The first-order valence-electron chi connectivity index (χ1n) is 6.55. The van der Waals surface area contributed by atoms with Gasteiger partial charge in [-0.1, -0.05) is 6.07 Å². The Kier molecular flexibility index (Phi) is 5.70. The van der Waals surface area contributed by atoms with Crippen molar-refractivity contribution in [1.29, 1.82) is 0 Å². The minimum Gasteiger partial charge on any atom is -0.493 e. The molecule has 23 heavy (non-hydrogen) atoms. The SMILES string of the molecule is COc1ccc(/C=C/C(=O)Nc2ncc(F)cc2Br)cc1OC. The van der Waals surface area contributed by atoms with Crippen molar-refractivity contribution in [3.63, 3.8) is 0 Å². The van der Waals surface area contributed by atoms with E-state index in [1.54, 1.807) is 31.4 Å².